The third-order valence-electron chi connectivity index (χ3n) is 8.82. The van der Waals surface area contributed by atoms with E-state index in [9.17, 15) is 0 Å². The van der Waals surface area contributed by atoms with Gasteiger partial charge in [0, 0.05) is 7.59 Å². The van der Waals surface area contributed by atoms with Crippen LogP contribution in [0.4, 0.5) is 0 Å². The lowest BCUT2D eigenvalue weighted by Gasteiger charge is -2.58. The van der Waals surface area contributed by atoms with Gasteiger partial charge in [0.1, 0.15) is 0 Å². The summed E-state index contributed by atoms with van der Waals surface area (Å²) in [7, 11) is -3.79. The molecule has 0 aliphatic carbocycles. The minimum absolute atomic E-state index is 0.199. The first kappa shape index (κ1) is 28.6. The Labute approximate surface area is 194 Å². The highest BCUT2D eigenvalue weighted by molar-refractivity contribution is 7.67. The highest BCUT2D eigenvalue weighted by atomic mass is 29.6. The lowest BCUT2D eigenvalue weighted by molar-refractivity contribution is 0.0877. The molecule has 1 nitrogen and oxygen atoms in total. The maximum Gasteiger partial charge on any atom is 0.172 e. The standard InChI is InChI=1S/C26H58OSi3/c1-9-10-11-12-13-14-15-16-17-18-19-20-21-22-23-24-26(2)25-28(3,4)30(7,8)29(5,6)27-26/h9-25H2,1-8H3. The largest absolute Gasteiger partial charge is 0.415 e. The second kappa shape index (κ2) is 13.3. The summed E-state index contributed by atoms with van der Waals surface area (Å²) in [5.74, 6) is 0. The predicted octanol–water partition coefficient (Wildman–Crippen LogP) is 9.82. The topological polar surface area (TPSA) is 9.23 Å². The molecule has 1 saturated heterocycles. The molecule has 180 valence electrons. The van der Waals surface area contributed by atoms with Gasteiger partial charge in [-0.3, -0.25) is 0 Å². The molecule has 1 unspecified atom stereocenters. The van der Waals surface area contributed by atoms with Crippen LogP contribution in [0.2, 0.25) is 45.3 Å². The van der Waals surface area contributed by atoms with Gasteiger partial charge in [-0.05, 0) is 32.5 Å². The van der Waals surface area contributed by atoms with E-state index in [1.54, 1.807) is 0 Å². The molecule has 0 bridgehead atoms. The maximum atomic E-state index is 6.97. The normalized spacial score (nSPS) is 24.8. The van der Waals surface area contributed by atoms with Crippen molar-refractivity contribution < 1.29 is 4.43 Å². The zero-order chi connectivity index (χ0) is 22.7. The molecule has 0 amide bonds. The van der Waals surface area contributed by atoms with Crippen molar-refractivity contribution in [3.8, 4) is 0 Å². The minimum atomic E-state index is -1.50. The number of unbranched alkanes of at least 4 members (excludes halogenated alkanes) is 14. The van der Waals surface area contributed by atoms with Gasteiger partial charge in [0.25, 0.3) is 0 Å². The molecule has 1 rings (SSSR count). The van der Waals surface area contributed by atoms with Gasteiger partial charge in [-0.1, -0.05) is 129 Å². The molecule has 1 heterocycles. The van der Waals surface area contributed by atoms with E-state index in [4.69, 9.17) is 4.43 Å². The van der Waals surface area contributed by atoms with Gasteiger partial charge in [0.15, 0.2) is 7.83 Å². The van der Waals surface area contributed by atoms with Crippen molar-refractivity contribution in [2.45, 2.75) is 168 Å². The minimum Gasteiger partial charge on any atom is -0.415 e. The second-order valence-corrected chi connectivity index (χ2v) is 39.7. The van der Waals surface area contributed by atoms with Gasteiger partial charge in [0.05, 0.1) is 12.7 Å². The summed E-state index contributed by atoms with van der Waals surface area (Å²) in [5.41, 5.74) is 0.199. The fraction of sp³-hybridized carbons (Fsp3) is 1.00. The molecule has 0 aromatic carbocycles. The fourth-order valence-electron chi connectivity index (χ4n) is 5.76. The van der Waals surface area contributed by atoms with E-state index < -0.39 is 22.5 Å². The summed E-state index contributed by atoms with van der Waals surface area (Å²) in [6.45, 7) is 20.5. The third-order valence-corrected chi connectivity index (χ3v) is 49.4. The van der Waals surface area contributed by atoms with E-state index in [1.165, 1.54) is 109 Å². The lowest BCUT2D eigenvalue weighted by atomic mass is 9.99. The Kier molecular flexibility index (Phi) is 12.7. The average Bonchev–Trinajstić information content (AvgIpc) is 2.62. The van der Waals surface area contributed by atoms with Crippen LogP contribution in [0.25, 0.3) is 0 Å². The van der Waals surface area contributed by atoms with Crippen molar-refractivity contribution in [2.24, 2.45) is 0 Å². The molecule has 0 aromatic rings. The number of rotatable bonds is 16. The van der Waals surface area contributed by atoms with E-state index in [0.29, 0.717) is 0 Å². The van der Waals surface area contributed by atoms with Gasteiger partial charge in [-0.2, -0.15) is 0 Å². The van der Waals surface area contributed by atoms with E-state index in [-0.39, 0.29) is 5.60 Å². The van der Waals surface area contributed by atoms with Crippen LogP contribution in [-0.2, 0) is 4.43 Å². The van der Waals surface area contributed by atoms with Crippen molar-refractivity contribution in [2.75, 3.05) is 0 Å². The van der Waals surface area contributed by atoms with Crippen LogP contribution in [0.5, 0.6) is 0 Å². The van der Waals surface area contributed by atoms with Crippen LogP contribution in [0.1, 0.15) is 117 Å². The molecular weight excluding hydrogens is 413 g/mol. The van der Waals surface area contributed by atoms with Gasteiger partial charge in [-0.25, -0.2) is 0 Å². The summed E-state index contributed by atoms with van der Waals surface area (Å²) in [6, 6.07) is 1.41. The Balaban J connectivity index is 2.05. The van der Waals surface area contributed by atoms with Crippen molar-refractivity contribution in [1.82, 2.24) is 0 Å². The molecule has 1 fully saturated rings. The van der Waals surface area contributed by atoms with Gasteiger partial charge >= 0.3 is 0 Å². The summed E-state index contributed by atoms with van der Waals surface area (Å²) in [4.78, 5) is 0. The lowest BCUT2D eigenvalue weighted by Crippen LogP contribution is -2.78. The summed E-state index contributed by atoms with van der Waals surface area (Å²) in [5, 5.41) is 0. The van der Waals surface area contributed by atoms with Crippen LogP contribution in [-0.4, -0.2) is 28.1 Å². The number of hydrogen-bond acceptors (Lipinski definition) is 1. The Morgan fingerprint density at radius 1 is 0.600 bits per heavy atom. The van der Waals surface area contributed by atoms with Gasteiger partial charge in [-0.15, -0.1) is 0 Å². The monoisotopic (exact) mass is 470 g/mol. The van der Waals surface area contributed by atoms with Crippen LogP contribution in [0.3, 0.4) is 0 Å². The Bertz CT molecular complexity index is 439. The SMILES string of the molecule is CCCCCCCCCCCCCCCCCC1(C)C[Si](C)(C)[Si](C)(C)[Si](C)(C)O1. The van der Waals surface area contributed by atoms with Crippen LogP contribution < -0.4 is 0 Å². The first-order chi connectivity index (χ1) is 14.0. The van der Waals surface area contributed by atoms with E-state index in [2.05, 4.69) is 53.1 Å². The Hall–Kier alpha value is 0.611. The van der Waals surface area contributed by atoms with E-state index in [0.717, 1.165) is 0 Å². The van der Waals surface area contributed by atoms with Crippen molar-refractivity contribution in [3.63, 3.8) is 0 Å². The third kappa shape index (κ3) is 9.23. The van der Waals surface area contributed by atoms with Crippen LogP contribution in [0.15, 0.2) is 0 Å². The Morgan fingerprint density at radius 3 is 1.33 bits per heavy atom. The average molecular weight is 471 g/mol. The maximum absolute atomic E-state index is 6.97. The zero-order valence-corrected chi connectivity index (χ0v) is 25.4. The van der Waals surface area contributed by atoms with Gasteiger partial charge in [0.2, 0.25) is 0 Å². The van der Waals surface area contributed by atoms with Gasteiger partial charge < -0.3 is 4.43 Å². The van der Waals surface area contributed by atoms with E-state index >= 15 is 0 Å². The van der Waals surface area contributed by atoms with Crippen molar-refractivity contribution >= 4 is 22.5 Å². The number of hydrogen-bond donors (Lipinski definition) is 0. The summed E-state index contributed by atoms with van der Waals surface area (Å²) < 4.78 is 6.97. The Morgan fingerprint density at radius 2 is 0.967 bits per heavy atom. The summed E-state index contributed by atoms with van der Waals surface area (Å²) >= 11 is 0. The molecule has 30 heavy (non-hydrogen) atoms. The second-order valence-electron chi connectivity index (χ2n) is 12.4. The fourth-order valence-corrected chi connectivity index (χ4v) is 36.5. The zero-order valence-electron chi connectivity index (χ0n) is 22.4. The molecule has 0 N–H and O–H groups in total. The molecule has 1 aliphatic heterocycles. The van der Waals surface area contributed by atoms with Crippen LogP contribution in [0, 0.1) is 0 Å². The highest BCUT2D eigenvalue weighted by Crippen LogP contribution is 2.45. The molecule has 0 spiro atoms. The molecular formula is C26H58OSi3. The molecule has 0 radical (unpaired) electrons. The summed E-state index contributed by atoms with van der Waals surface area (Å²) in [6.07, 6.45) is 23.0. The van der Waals surface area contributed by atoms with Crippen molar-refractivity contribution in [1.29, 1.82) is 0 Å². The molecule has 1 aliphatic rings. The first-order valence-electron chi connectivity index (χ1n) is 13.7. The van der Waals surface area contributed by atoms with Crippen LogP contribution >= 0.6 is 0 Å². The highest BCUT2D eigenvalue weighted by Gasteiger charge is 2.61. The molecule has 0 aromatic heterocycles. The first-order valence-corrected chi connectivity index (χ1v) is 24.8. The van der Waals surface area contributed by atoms with Crippen molar-refractivity contribution in [3.05, 3.63) is 0 Å². The quantitative estimate of drug-likeness (QED) is 0.161. The molecule has 1 atom stereocenters. The molecule has 0 saturated carbocycles. The predicted molar refractivity (Wildman–Crippen MR) is 146 cm³/mol. The molecule has 4 heteroatoms. The smallest absolute Gasteiger partial charge is 0.172 e. The van der Waals surface area contributed by atoms with E-state index in [1.807, 2.05) is 0 Å².